The van der Waals surface area contributed by atoms with E-state index in [1.165, 1.54) is 23.9 Å². The standard InChI is InChI=1S/C25H35FO6SSi/c1-9-28-22(27)20-18(15-10-12-16(26)13-11-15)30-23-21(33-20)19-17(14(2)29-23)31-34(32-19,24(3,4)5)25(6,7)8/h10-14,17,19,21,23H,9H2,1-8H3. The molecule has 0 radical (unpaired) electrons. The van der Waals surface area contributed by atoms with Crippen LogP contribution < -0.4 is 0 Å². The molecular formula is C25H35FO6SSi. The van der Waals surface area contributed by atoms with E-state index in [0.29, 0.717) is 16.2 Å². The van der Waals surface area contributed by atoms with Gasteiger partial charge in [0.2, 0.25) is 6.29 Å². The van der Waals surface area contributed by atoms with E-state index in [0.717, 1.165) is 0 Å². The van der Waals surface area contributed by atoms with Gasteiger partial charge in [0.1, 0.15) is 10.7 Å². The molecule has 0 bridgehead atoms. The van der Waals surface area contributed by atoms with Crippen LogP contribution in [0.1, 0.15) is 61.0 Å². The molecule has 0 amide bonds. The van der Waals surface area contributed by atoms with Gasteiger partial charge < -0.3 is 23.1 Å². The summed E-state index contributed by atoms with van der Waals surface area (Å²) in [5.74, 6) is -0.505. The van der Waals surface area contributed by atoms with Crippen molar-refractivity contribution in [1.82, 2.24) is 0 Å². The van der Waals surface area contributed by atoms with Crippen molar-refractivity contribution in [1.29, 1.82) is 0 Å². The maximum Gasteiger partial charge on any atom is 0.350 e. The van der Waals surface area contributed by atoms with Crippen LogP contribution >= 0.6 is 11.8 Å². The molecule has 4 rings (SSSR count). The van der Waals surface area contributed by atoms with Crippen molar-refractivity contribution >= 4 is 32.1 Å². The average molecular weight is 511 g/mol. The van der Waals surface area contributed by atoms with E-state index in [9.17, 15) is 9.18 Å². The highest BCUT2D eigenvalue weighted by atomic mass is 32.2. The molecule has 0 spiro atoms. The number of ether oxygens (including phenoxy) is 3. The van der Waals surface area contributed by atoms with E-state index in [2.05, 4.69) is 41.5 Å². The van der Waals surface area contributed by atoms with Crippen LogP contribution in [0, 0.1) is 5.82 Å². The number of halogens is 1. The minimum Gasteiger partial charge on any atom is -0.462 e. The molecular weight excluding hydrogens is 475 g/mol. The van der Waals surface area contributed by atoms with Crippen LogP contribution in [0.2, 0.25) is 10.1 Å². The lowest BCUT2D eigenvalue weighted by Gasteiger charge is -2.46. The van der Waals surface area contributed by atoms with Crippen molar-refractivity contribution in [3.63, 3.8) is 0 Å². The van der Waals surface area contributed by atoms with Crippen LogP contribution in [0.3, 0.4) is 0 Å². The Bertz CT molecular complexity index is 953. The Kier molecular flexibility index (Phi) is 6.74. The molecule has 6 nitrogen and oxygen atoms in total. The van der Waals surface area contributed by atoms with E-state index in [1.54, 1.807) is 19.1 Å². The van der Waals surface area contributed by atoms with Gasteiger partial charge in [0, 0.05) is 15.6 Å². The first-order valence-corrected chi connectivity index (χ1v) is 14.5. The molecule has 0 N–H and O–H groups in total. The molecule has 0 aliphatic carbocycles. The summed E-state index contributed by atoms with van der Waals surface area (Å²) in [5.41, 5.74) is 0.588. The number of esters is 1. The molecule has 34 heavy (non-hydrogen) atoms. The van der Waals surface area contributed by atoms with Crippen molar-refractivity contribution in [2.45, 2.75) is 95.3 Å². The van der Waals surface area contributed by atoms with E-state index in [4.69, 9.17) is 23.1 Å². The lowest BCUT2D eigenvalue weighted by molar-refractivity contribution is -0.195. The Morgan fingerprint density at radius 3 is 2.21 bits per heavy atom. The zero-order valence-corrected chi connectivity index (χ0v) is 23.0. The summed E-state index contributed by atoms with van der Waals surface area (Å²) in [6.45, 7) is 17.0. The van der Waals surface area contributed by atoms with Gasteiger partial charge in [-0.3, -0.25) is 0 Å². The molecule has 1 aromatic carbocycles. The van der Waals surface area contributed by atoms with Crippen LogP contribution in [0.15, 0.2) is 29.2 Å². The van der Waals surface area contributed by atoms with Gasteiger partial charge in [0.25, 0.3) is 0 Å². The summed E-state index contributed by atoms with van der Waals surface area (Å²) in [4.78, 5) is 13.3. The Labute approximate surface area is 206 Å². The van der Waals surface area contributed by atoms with Crippen LogP contribution in [0.5, 0.6) is 0 Å². The van der Waals surface area contributed by atoms with E-state index in [-0.39, 0.29) is 46.1 Å². The molecule has 3 aliphatic rings. The predicted octanol–water partition coefficient (Wildman–Crippen LogP) is 5.76. The van der Waals surface area contributed by atoms with Crippen LogP contribution in [0.25, 0.3) is 5.76 Å². The van der Waals surface area contributed by atoms with Crippen molar-refractivity contribution < 1.29 is 32.2 Å². The zero-order valence-electron chi connectivity index (χ0n) is 21.1. The maximum atomic E-state index is 13.6. The summed E-state index contributed by atoms with van der Waals surface area (Å²) in [7, 11) is -2.76. The smallest absolute Gasteiger partial charge is 0.350 e. The topological polar surface area (TPSA) is 63.2 Å². The lowest BCUT2D eigenvalue weighted by Crippen LogP contribution is -2.56. The lowest BCUT2D eigenvalue weighted by atomic mass is 10.0. The summed E-state index contributed by atoms with van der Waals surface area (Å²) in [6, 6.07) is 5.86. The molecule has 3 aliphatic heterocycles. The third-order valence-electron chi connectivity index (χ3n) is 6.57. The highest BCUT2D eigenvalue weighted by molar-refractivity contribution is 8.04. The fraction of sp³-hybridized carbons (Fsp3) is 0.640. The van der Waals surface area contributed by atoms with Crippen molar-refractivity contribution in [2.24, 2.45) is 0 Å². The van der Waals surface area contributed by atoms with Gasteiger partial charge in [-0.1, -0.05) is 41.5 Å². The maximum absolute atomic E-state index is 13.6. The Hall–Kier alpha value is -1.39. The van der Waals surface area contributed by atoms with Crippen LogP contribution in [-0.4, -0.2) is 51.0 Å². The van der Waals surface area contributed by atoms with Gasteiger partial charge in [-0.15, -0.1) is 11.8 Å². The number of fused-ring (bicyclic) bond motifs is 3. The summed E-state index contributed by atoms with van der Waals surface area (Å²) in [6.07, 6.45) is -1.47. The molecule has 188 valence electrons. The number of hydrogen-bond acceptors (Lipinski definition) is 7. The fourth-order valence-corrected chi connectivity index (χ4v) is 11.7. The van der Waals surface area contributed by atoms with Gasteiger partial charge in [-0.25, -0.2) is 9.18 Å². The number of carbonyl (C=O) groups is 1. The van der Waals surface area contributed by atoms with Gasteiger partial charge in [-0.05, 0) is 38.1 Å². The normalized spacial score (nSPS) is 30.9. The van der Waals surface area contributed by atoms with E-state index in [1.807, 2.05) is 6.92 Å². The van der Waals surface area contributed by atoms with Crippen LogP contribution in [-0.2, 0) is 27.9 Å². The first kappa shape index (κ1) is 25.7. The number of carbonyl (C=O) groups excluding carboxylic acids is 1. The quantitative estimate of drug-likeness (QED) is 0.378. The molecule has 2 saturated heterocycles. The molecule has 0 aromatic heterocycles. The highest BCUT2D eigenvalue weighted by Gasteiger charge is 2.68. The third-order valence-corrected chi connectivity index (χ3v) is 13.1. The average Bonchev–Trinajstić information content (AvgIpc) is 3.17. The molecule has 1 aromatic rings. The van der Waals surface area contributed by atoms with Gasteiger partial charge in [0.05, 0.1) is 30.2 Å². The molecule has 0 saturated carbocycles. The zero-order chi connectivity index (χ0) is 25.1. The molecule has 3 heterocycles. The monoisotopic (exact) mass is 510 g/mol. The van der Waals surface area contributed by atoms with E-state index < -0.39 is 20.8 Å². The first-order chi connectivity index (χ1) is 15.8. The first-order valence-electron chi connectivity index (χ1n) is 11.8. The number of rotatable bonds is 3. The largest absolute Gasteiger partial charge is 0.462 e. The second-order valence-corrected chi connectivity index (χ2v) is 17.0. The minimum absolute atomic E-state index is 0.183. The van der Waals surface area contributed by atoms with Crippen molar-refractivity contribution in [3.8, 4) is 0 Å². The summed E-state index contributed by atoms with van der Waals surface area (Å²) >= 11 is 1.35. The van der Waals surface area contributed by atoms with Crippen molar-refractivity contribution in [2.75, 3.05) is 6.61 Å². The second-order valence-electron chi connectivity index (χ2n) is 11.1. The second kappa shape index (κ2) is 8.92. The molecule has 2 fully saturated rings. The van der Waals surface area contributed by atoms with Gasteiger partial charge in [0.15, 0.2) is 5.76 Å². The summed E-state index contributed by atoms with van der Waals surface area (Å²) in [5, 5.41) is -0.683. The Morgan fingerprint density at radius 2 is 1.65 bits per heavy atom. The van der Waals surface area contributed by atoms with Crippen molar-refractivity contribution in [3.05, 3.63) is 40.6 Å². The fourth-order valence-electron chi connectivity index (χ4n) is 5.23. The third kappa shape index (κ3) is 4.23. The van der Waals surface area contributed by atoms with Crippen LogP contribution in [0.4, 0.5) is 4.39 Å². The highest BCUT2D eigenvalue weighted by Crippen LogP contribution is 2.59. The molecule has 5 atom stereocenters. The SMILES string of the molecule is CCOC(=O)C1=C(c2ccc(F)cc2)OC2OC(C)C3O[Si](C(C)(C)C)(C(C)(C)C)OC3C2S1. The van der Waals surface area contributed by atoms with E-state index >= 15 is 0 Å². The minimum atomic E-state index is -2.76. The van der Waals surface area contributed by atoms with Gasteiger partial charge in [-0.2, -0.15) is 0 Å². The molecule has 9 heteroatoms. The predicted molar refractivity (Wildman–Crippen MR) is 132 cm³/mol. The molecule has 5 unspecified atom stereocenters. The number of benzene rings is 1. The Morgan fingerprint density at radius 1 is 1.06 bits per heavy atom. The number of thioether (sulfide) groups is 1. The van der Waals surface area contributed by atoms with Gasteiger partial charge >= 0.3 is 14.5 Å². The number of hydrogen-bond donors (Lipinski definition) is 0. The summed E-state index contributed by atoms with van der Waals surface area (Å²) < 4.78 is 45.3. The Balaban J connectivity index is 1.75.